The summed E-state index contributed by atoms with van der Waals surface area (Å²) in [6.45, 7) is 0. The minimum atomic E-state index is -2.09. The van der Waals surface area contributed by atoms with E-state index in [4.69, 9.17) is 0 Å². The van der Waals surface area contributed by atoms with E-state index in [1.54, 1.807) is 0 Å². The fourth-order valence-corrected chi connectivity index (χ4v) is 9.84. The summed E-state index contributed by atoms with van der Waals surface area (Å²) in [6, 6.07) is 51.3. The Bertz CT molecular complexity index is 1760. The van der Waals surface area contributed by atoms with Gasteiger partial charge in [-0.15, -0.1) is 0 Å². The Hall–Kier alpha value is -4.27. The fraction of sp³-hybridized carbons (Fsp3) is 0.0286. The molecule has 0 aromatic heterocycles. The molecule has 186 valence electrons. The van der Waals surface area contributed by atoms with E-state index in [-0.39, 0.29) is 17.0 Å². The van der Waals surface area contributed by atoms with Crippen LogP contribution in [0, 0.1) is 22.7 Å². The molecule has 6 rings (SSSR count). The molecule has 0 atom stereocenters. The van der Waals surface area contributed by atoms with Gasteiger partial charge in [0.2, 0.25) is 0 Å². The van der Waals surface area contributed by atoms with Gasteiger partial charge in [-0.25, -0.2) is 0 Å². The van der Waals surface area contributed by atoms with Crippen molar-refractivity contribution in [3.05, 3.63) is 150 Å². The highest BCUT2D eigenvalue weighted by Crippen LogP contribution is 2.58. The van der Waals surface area contributed by atoms with Gasteiger partial charge in [-0.2, -0.15) is 10.5 Å². The maximum absolute atomic E-state index is 10.2. The van der Waals surface area contributed by atoms with E-state index >= 15 is 0 Å². The van der Waals surface area contributed by atoms with Crippen molar-refractivity contribution in [2.75, 3.05) is 0 Å². The summed E-state index contributed by atoms with van der Waals surface area (Å²) in [7, 11) is -2.09. The number of halogens is 1. The van der Waals surface area contributed by atoms with Crippen molar-refractivity contribution in [3.63, 3.8) is 0 Å². The SMILES string of the molecule is N#Cc1c2ccccc2c(C#N)c2cc(C[P+](c3ccccc3)(c3ccccc3)c3ccccc3)ccc12.[Br-]. The van der Waals surface area contributed by atoms with Crippen molar-refractivity contribution >= 4 is 44.7 Å². The molecule has 4 heteroatoms. The molecule has 0 heterocycles. The lowest BCUT2D eigenvalue weighted by atomic mass is 9.92. The lowest BCUT2D eigenvalue weighted by Gasteiger charge is -2.28. The number of benzene rings is 6. The molecule has 0 fully saturated rings. The van der Waals surface area contributed by atoms with Gasteiger partial charge in [0.15, 0.2) is 0 Å². The molecule has 0 radical (unpaired) electrons. The van der Waals surface area contributed by atoms with Crippen LogP contribution in [0.5, 0.6) is 0 Å². The van der Waals surface area contributed by atoms with Crippen LogP contribution in [-0.2, 0) is 6.16 Å². The van der Waals surface area contributed by atoms with Crippen LogP contribution in [-0.4, -0.2) is 0 Å². The molecule has 0 aliphatic rings. The van der Waals surface area contributed by atoms with E-state index < -0.39 is 7.26 Å². The summed E-state index contributed by atoms with van der Waals surface area (Å²) >= 11 is 0. The molecule has 6 aromatic carbocycles. The smallest absolute Gasteiger partial charge is 0.116 e. The second kappa shape index (κ2) is 11.2. The molecule has 39 heavy (non-hydrogen) atoms. The standard InChI is InChI=1S/C35H24N2P.BrH/c36-23-34-30-18-10-11-19-31(30)35(24-37)33-22-26(20-21-32(33)34)25-38(27-12-4-1-5-13-27,28-14-6-2-7-15-28)29-16-8-3-9-17-29;/h1-22H,25H2;1H/q+1;/p-1. The zero-order chi connectivity index (χ0) is 26.0. The first-order valence-corrected chi connectivity index (χ1v) is 14.6. The van der Waals surface area contributed by atoms with Gasteiger partial charge in [0.05, 0.1) is 17.3 Å². The van der Waals surface area contributed by atoms with E-state index in [0.29, 0.717) is 11.1 Å². The highest BCUT2D eigenvalue weighted by molar-refractivity contribution is 7.95. The predicted octanol–water partition coefficient (Wildman–Crippen LogP) is 4.23. The Morgan fingerprint density at radius 2 is 0.846 bits per heavy atom. The zero-order valence-corrected chi connectivity index (χ0v) is 23.6. The lowest BCUT2D eigenvalue weighted by Crippen LogP contribution is -3.00. The molecular formula is C35H24BrN2P. The van der Waals surface area contributed by atoms with Gasteiger partial charge in [0, 0.05) is 21.5 Å². The summed E-state index contributed by atoms with van der Waals surface area (Å²) < 4.78 is 0. The minimum Gasteiger partial charge on any atom is -1.00 e. The molecule has 0 aliphatic carbocycles. The van der Waals surface area contributed by atoms with Gasteiger partial charge in [0.25, 0.3) is 0 Å². The molecule has 0 unspecified atom stereocenters. The van der Waals surface area contributed by atoms with Crippen molar-refractivity contribution in [1.29, 1.82) is 10.5 Å². The van der Waals surface area contributed by atoms with Gasteiger partial charge < -0.3 is 17.0 Å². The molecule has 6 aromatic rings. The van der Waals surface area contributed by atoms with E-state index in [1.165, 1.54) is 15.9 Å². The topological polar surface area (TPSA) is 47.6 Å². The van der Waals surface area contributed by atoms with E-state index in [0.717, 1.165) is 33.3 Å². The highest BCUT2D eigenvalue weighted by atomic mass is 79.9. The molecule has 0 N–H and O–H groups in total. The van der Waals surface area contributed by atoms with E-state index in [1.807, 2.05) is 30.3 Å². The summed E-state index contributed by atoms with van der Waals surface area (Å²) in [5, 5.41) is 27.6. The maximum Gasteiger partial charge on any atom is 0.116 e. The van der Waals surface area contributed by atoms with Crippen molar-refractivity contribution in [2.24, 2.45) is 0 Å². The summed E-state index contributed by atoms with van der Waals surface area (Å²) in [6.07, 6.45) is 0.806. The Balaban J connectivity index is 0.00000308. The second-order valence-electron chi connectivity index (χ2n) is 9.37. The zero-order valence-electron chi connectivity index (χ0n) is 21.1. The molecule has 0 saturated carbocycles. The lowest BCUT2D eigenvalue weighted by molar-refractivity contribution is -0.00000768. The third kappa shape index (κ3) is 4.51. The minimum absolute atomic E-state index is 0. The average Bonchev–Trinajstić information content (AvgIpc) is 3.00. The first kappa shape index (κ1) is 26.3. The van der Waals surface area contributed by atoms with Gasteiger partial charge in [-0.3, -0.25) is 0 Å². The van der Waals surface area contributed by atoms with Crippen molar-refractivity contribution < 1.29 is 17.0 Å². The van der Waals surface area contributed by atoms with Crippen LogP contribution >= 0.6 is 7.26 Å². The maximum atomic E-state index is 10.2. The third-order valence-electron chi connectivity index (χ3n) is 7.32. The Labute approximate surface area is 239 Å². The highest BCUT2D eigenvalue weighted by Gasteiger charge is 2.45. The third-order valence-corrected chi connectivity index (χ3v) is 11.7. The molecule has 0 saturated heterocycles. The fourth-order valence-electron chi connectivity index (χ4n) is 5.61. The summed E-state index contributed by atoms with van der Waals surface area (Å²) in [5.41, 5.74) is 2.40. The number of fused-ring (bicyclic) bond motifs is 2. The summed E-state index contributed by atoms with van der Waals surface area (Å²) in [5.74, 6) is 0. The van der Waals surface area contributed by atoms with Crippen LogP contribution in [0.15, 0.2) is 133 Å². The number of nitriles is 2. The molecule has 0 spiro atoms. The van der Waals surface area contributed by atoms with Crippen molar-refractivity contribution in [1.82, 2.24) is 0 Å². The molecular weight excluding hydrogens is 559 g/mol. The largest absolute Gasteiger partial charge is 1.00 e. The Morgan fingerprint density at radius 3 is 1.28 bits per heavy atom. The van der Waals surface area contributed by atoms with Crippen molar-refractivity contribution in [3.8, 4) is 12.1 Å². The molecule has 2 nitrogen and oxygen atoms in total. The van der Waals surface area contributed by atoms with Crippen LogP contribution < -0.4 is 32.9 Å². The first-order valence-electron chi connectivity index (χ1n) is 12.6. The van der Waals surface area contributed by atoms with E-state index in [2.05, 4.69) is 115 Å². The van der Waals surface area contributed by atoms with Crippen LogP contribution in [0.2, 0.25) is 0 Å². The van der Waals surface area contributed by atoms with Crippen LogP contribution in [0.25, 0.3) is 21.5 Å². The average molecular weight is 583 g/mol. The number of nitrogens with zero attached hydrogens (tertiary/aromatic N) is 2. The quantitative estimate of drug-likeness (QED) is 0.225. The van der Waals surface area contributed by atoms with Gasteiger partial charge in [0.1, 0.15) is 35.3 Å². The van der Waals surface area contributed by atoms with Gasteiger partial charge in [-0.05, 0) is 48.0 Å². The summed E-state index contributed by atoms with van der Waals surface area (Å²) in [4.78, 5) is 0. The monoisotopic (exact) mass is 582 g/mol. The number of hydrogen-bond acceptors (Lipinski definition) is 2. The van der Waals surface area contributed by atoms with Crippen LogP contribution in [0.3, 0.4) is 0 Å². The normalized spacial score (nSPS) is 10.9. The predicted molar refractivity (Wildman–Crippen MR) is 160 cm³/mol. The number of hydrogen-bond donors (Lipinski definition) is 0. The first-order chi connectivity index (χ1) is 18.8. The second-order valence-corrected chi connectivity index (χ2v) is 12.9. The van der Waals surface area contributed by atoms with Crippen molar-refractivity contribution in [2.45, 2.75) is 6.16 Å². The number of rotatable bonds is 5. The van der Waals surface area contributed by atoms with Gasteiger partial charge in [-0.1, -0.05) is 91.0 Å². The molecule has 0 aliphatic heterocycles. The van der Waals surface area contributed by atoms with Crippen LogP contribution in [0.1, 0.15) is 16.7 Å². The van der Waals surface area contributed by atoms with E-state index in [9.17, 15) is 10.5 Å². The Kier molecular flexibility index (Phi) is 7.58. The van der Waals surface area contributed by atoms with Crippen LogP contribution in [0.4, 0.5) is 0 Å². The molecule has 0 bridgehead atoms. The Morgan fingerprint density at radius 1 is 0.462 bits per heavy atom. The molecule has 0 amide bonds. The van der Waals surface area contributed by atoms with Gasteiger partial charge >= 0.3 is 0 Å².